The van der Waals surface area contributed by atoms with Crippen LogP contribution in [0.4, 0.5) is 24.5 Å². The van der Waals surface area contributed by atoms with E-state index in [4.69, 9.17) is 11.6 Å². The fourth-order valence-corrected chi connectivity index (χ4v) is 3.33. The van der Waals surface area contributed by atoms with Crippen molar-refractivity contribution in [2.24, 2.45) is 5.16 Å². The number of nitro groups is 1. The number of rotatable bonds is 7. The lowest BCUT2D eigenvalue weighted by Gasteiger charge is -2.22. The maximum absolute atomic E-state index is 13.4. The molecule has 2 N–H and O–H groups in total. The number of hydrogen-bond donors (Lipinski definition) is 2. The summed E-state index contributed by atoms with van der Waals surface area (Å²) in [6, 6.07) is 17.5. The van der Waals surface area contributed by atoms with Crippen LogP contribution in [0.3, 0.4) is 0 Å². The minimum Gasteiger partial charge on any atom is -0.411 e. The Kier molecular flexibility index (Phi) is 6.99. The van der Waals surface area contributed by atoms with E-state index in [1.807, 2.05) is 0 Å². The molecule has 0 aromatic heterocycles. The van der Waals surface area contributed by atoms with E-state index < -0.39 is 28.4 Å². The summed E-state index contributed by atoms with van der Waals surface area (Å²) in [5.74, 6) is 0. The second-order valence-corrected chi connectivity index (χ2v) is 7.29. The van der Waals surface area contributed by atoms with Gasteiger partial charge in [-0.15, -0.1) is 0 Å². The molecule has 1 atom stereocenters. The Labute approximate surface area is 186 Å². The fourth-order valence-electron chi connectivity index (χ4n) is 3.20. The first kappa shape index (κ1) is 23.1. The van der Waals surface area contributed by atoms with Crippen LogP contribution in [-0.4, -0.2) is 15.8 Å². The molecule has 0 aliphatic heterocycles. The van der Waals surface area contributed by atoms with Crippen molar-refractivity contribution >= 4 is 28.7 Å². The van der Waals surface area contributed by atoms with Crippen LogP contribution in [0.1, 0.15) is 29.2 Å². The third-order valence-corrected chi connectivity index (χ3v) is 4.99. The maximum atomic E-state index is 13.4. The SMILES string of the molecule is O=[N+]([O-])c1ccc(NC(C/C(=N/O)c2ccc(Cl)cc2)c2ccccc2)cc1C(F)(F)F. The summed E-state index contributed by atoms with van der Waals surface area (Å²) in [5, 5.41) is 27.4. The van der Waals surface area contributed by atoms with Gasteiger partial charge in [-0.25, -0.2) is 0 Å². The lowest BCUT2D eigenvalue weighted by molar-refractivity contribution is -0.388. The second kappa shape index (κ2) is 9.69. The Morgan fingerprint density at radius 3 is 2.31 bits per heavy atom. The number of anilines is 1. The molecule has 3 aromatic carbocycles. The van der Waals surface area contributed by atoms with Gasteiger partial charge >= 0.3 is 6.18 Å². The largest absolute Gasteiger partial charge is 0.423 e. The number of benzene rings is 3. The molecule has 0 radical (unpaired) electrons. The highest BCUT2D eigenvalue weighted by Gasteiger charge is 2.38. The molecule has 1 unspecified atom stereocenters. The van der Waals surface area contributed by atoms with E-state index in [9.17, 15) is 28.5 Å². The Bertz CT molecular complexity index is 1120. The normalized spacial score (nSPS) is 12.9. The van der Waals surface area contributed by atoms with Gasteiger partial charge in [-0.3, -0.25) is 10.1 Å². The molecule has 0 heterocycles. The second-order valence-electron chi connectivity index (χ2n) is 6.85. The van der Waals surface area contributed by atoms with Crippen LogP contribution in [0.25, 0.3) is 0 Å². The summed E-state index contributed by atoms with van der Waals surface area (Å²) in [7, 11) is 0. The lowest BCUT2D eigenvalue weighted by atomic mass is 9.96. The Hall–Kier alpha value is -3.59. The first-order valence-corrected chi connectivity index (χ1v) is 9.71. The monoisotopic (exact) mass is 463 g/mol. The van der Waals surface area contributed by atoms with Gasteiger partial charge in [-0.1, -0.05) is 59.2 Å². The standard InChI is InChI=1S/C22H17ClF3N3O3/c23-16-8-6-15(7-9-16)20(28-30)13-19(14-4-2-1-3-5-14)27-17-10-11-21(29(31)32)18(12-17)22(24,25)26/h1-12,19,27,30H,13H2/b28-20-. The molecular weight excluding hydrogens is 447 g/mol. The van der Waals surface area contributed by atoms with Gasteiger partial charge in [0.25, 0.3) is 5.69 Å². The minimum atomic E-state index is -4.90. The summed E-state index contributed by atoms with van der Waals surface area (Å²) in [6.07, 6.45) is -4.79. The first-order chi connectivity index (χ1) is 15.2. The van der Waals surface area contributed by atoms with Crippen LogP contribution in [0.5, 0.6) is 0 Å². The fraction of sp³-hybridized carbons (Fsp3) is 0.136. The van der Waals surface area contributed by atoms with Gasteiger partial charge in [0, 0.05) is 23.2 Å². The molecule has 0 amide bonds. The van der Waals surface area contributed by atoms with E-state index >= 15 is 0 Å². The Morgan fingerprint density at radius 1 is 1.09 bits per heavy atom. The molecule has 6 nitrogen and oxygen atoms in total. The van der Waals surface area contributed by atoms with Crippen LogP contribution in [0, 0.1) is 10.1 Å². The summed E-state index contributed by atoms with van der Waals surface area (Å²) < 4.78 is 40.1. The minimum absolute atomic E-state index is 0.0326. The average Bonchev–Trinajstić information content (AvgIpc) is 2.77. The molecule has 0 aliphatic rings. The van der Waals surface area contributed by atoms with Crippen molar-refractivity contribution < 1.29 is 23.3 Å². The molecule has 166 valence electrons. The smallest absolute Gasteiger partial charge is 0.411 e. The van der Waals surface area contributed by atoms with Gasteiger partial charge < -0.3 is 10.5 Å². The number of halogens is 4. The van der Waals surface area contributed by atoms with E-state index in [1.54, 1.807) is 54.6 Å². The number of hydrogen-bond acceptors (Lipinski definition) is 5. The molecule has 0 bridgehead atoms. The maximum Gasteiger partial charge on any atom is 0.423 e. The number of nitrogens with zero attached hydrogens (tertiary/aromatic N) is 2. The van der Waals surface area contributed by atoms with E-state index in [0.717, 1.165) is 11.6 Å². The van der Waals surface area contributed by atoms with Crippen LogP contribution >= 0.6 is 11.6 Å². The molecular formula is C22H17ClF3N3O3. The molecule has 0 spiro atoms. The number of nitrogens with one attached hydrogen (secondary N) is 1. The average molecular weight is 464 g/mol. The zero-order valence-corrected chi connectivity index (χ0v) is 17.1. The third-order valence-electron chi connectivity index (χ3n) is 4.74. The molecule has 0 saturated carbocycles. The van der Waals surface area contributed by atoms with Crippen LogP contribution < -0.4 is 5.32 Å². The van der Waals surface area contributed by atoms with Crippen molar-refractivity contribution in [3.8, 4) is 0 Å². The Morgan fingerprint density at radius 2 is 1.75 bits per heavy atom. The third kappa shape index (κ3) is 5.55. The van der Waals surface area contributed by atoms with Crippen molar-refractivity contribution in [1.82, 2.24) is 0 Å². The van der Waals surface area contributed by atoms with E-state index in [2.05, 4.69) is 10.5 Å². The van der Waals surface area contributed by atoms with Gasteiger partial charge in [-0.05, 0) is 35.4 Å². The van der Waals surface area contributed by atoms with Gasteiger partial charge in [0.15, 0.2) is 0 Å². The Balaban J connectivity index is 1.97. The van der Waals surface area contributed by atoms with Crippen LogP contribution in [0.15, 0.2) is 78.0 Å². The zero-order valence-electron chi connectivity index (χ0n) is 16.4. The van der Waals surface area contributed by atoms with Crippen LogP contribution in [-0.2, 0) is 6.18 Å². The van der Waals surface area contributed by atoms with Crippen molar-refractivity contribution in [2.45, 2.75) is 18.6 Å². The molecule has 32 heavy (non-hydrogen) atoms. The molecule has 3 rings (SSSR count). The van der Waals surface area contributed by atoms with E-state index in [1.165, 1.54) is 6.07 Å². The predicted molar refractivity (Wildman–Crippen MR) is 115 cm³/mol. The molecule has 10 heteroatoms. The van der Waals surface area contributed by atoms with Crippen molar-refractivity contribution in [3.63, 3.8) is 0 Å². The number of nitro benzene ring substituents is 1. The molecule has 3 aromatic rings. The van der Waals surface area contributed by atoms with Crippen molar-refractivity contribution in [2.75, 3.05) is 5.32 Å². The highest BCUT2D eigenvalue weighted by Crippen LogP contribution is 2.38. The summed E-state index contributed by atoms with van der Waals surface area (Å²) in [5.41, 5.74) is -0.772. The van der Waals surface area contributed by atoms with E-state index in [-0.39, 0.29) is 17.8 Å². The summed E-state index contributed by atoms with van der Waals surface area (Å²) in [4.78, 5) is 9.95. The zero-order chi connectivity index (χ0) is 23.3. The highest BCUT2D eigenvalue weighted by molar-refractivity contribution is 6.30. The summed E-state index contributed by atoms with van der Waals surface area (Å²) in [6.45, 7) is 0. The van der Waals surface area contributed by atoms with Gasteiger partial charge in [0.1, 0.15) is 5.56 Å². The van der Waals surface area contributed by atoms with E-state index in [0.29, 0.717) is 16.7 Å². The van der Waals surface area contributed by atoms with Gasteiger partial charge in [-0.2, -0.15) is 13.2 Å². The quantitative estimate of drug-likeness (QED) is 0.177. The van der Waals surface area contributed by atoms with Gasteiger partial charge in [0.2, 0.25) is 0 Å². The number of alkyl halides is 3. The van der Waals surface area contributed by atoms with Crippen molar-refractivity contribution in [3.05, 3.63) is 105 Å². The number of oxime groups is 1. The van der Waals surface area contributed by atoms with Crippen LogP contribution in [0.2, 0.25) is 5.02 Å². The topological polar surface area (TPSA) is 87.8 Å². The molecule has 0 fully saturated rings. The highest BCUT2D eigenvalue weighted by atomic mass is 35.5. The first-order valence-electron chi connectivity index (χ1n) is 9.33. The van der Waals surface area contributed by atoms with Gasteiger partial charge in [0.05, 0.1) is 16.7 Å². The van der Waals surface area contributed by atoms with Crippen molar-refractivity contribution in [1.29, 1.82) is 0 Å². The molecule has 0 aliphatic carbocycles. The lowest BCUT2D eigenvalue weighted by Crippen LogP contribution is -2.17. The summed E-state index contributed by atoms with van der Waals surface area (Å²) >= 11 is 5.90. The predicted octanol–water partition coefficient (Wildman–Crippen LogP) is 6.69. The molecule has 0 saturated heterocycles.